The van der Waals surface area contributed by atoms with Crippen LogP contribution >= 0.6 is 0 Å². The molecule has 0 aromatic heterocycles. The molecule has 67 heavy (non-hydrogen) atoms. The summed E-state index contributed by atoms with van der Waals surface area (Å²) in [5.41, 5.74) is -1.60. The zero-order valence-electron chi connectivity index (χ0n) is 40.3. The van der Waals surface area contributed by atoms with Gasteiger partial charge in [0, 0.05) is 10.8 Å². The topological polar surface area (TPSA) is 318 Å². The number of aliphatic hydroxyl groups excluding tert-OH is 12. The molecule has 0 aromatic rings. The SMILES string of the molecule is C[C@H](CC[C@@H](O[C@@H]1O[C@H](CO[C@@H]2O[C@H](CO)[C@@H](O)[C@H](O)[C@H]2O)[C@@H](O)[C@H](O)[C@H]1O)C(C)(C)O)C1CC[C@@]2(C)[C@@H]3CC=C4[C@@H](CC[C@H](O[C@@H]5O[C@H](CO)[C@@H](O)[C@H](O)[C@H]5O)C4(C)C)[C@]3(C)[C@H](O)C[C@]12C. The van der Waals surface area contributed by atoms with Gasteiger partial charge in [0.2, 0.25) is 0 Å². The molecule has 6 fully saturated rings. The minimum absolute atomic E-state index is 0.0596. The van der Waals surface area contributed by atoms with Crippen LogP contribution in [0, 0.1) is 45.3 Å². The fourth-order valence-corrected chi connectivity index (χ4v) is 14.2. The number of rotatable bonds is 14. The molecule has 388 valence electrons. The molecular formula is C48H82O19. The van der Waals surface area contributed by atoms with Crippen LogP contribution in [-0.4, -0.2) is 202 Å². The first kappa shape index (κ1) is 53.8. The van der Waals surface area contributed by atoms with Gasteiger partial charge in [-0.15, -0.1) is 0 Å². The van der Waals surface area contributed by atoms with Crippen LogP contribution in [0.2, 0.25) is 0 Å². The van der Waals surface area contributed by atoms with E-state index in [1.54, 1.807) is 13.8 Å². The minimum Gasteiger partial charge on any atom is -0.394 e. The number of hydrogen-bond donors (Lipinski definition) is 13. The lowest BCUT2D eigenvalue weighted by Gasteiger charge is -2.67. The van der Waals surface area contributed by atoms with Gasteiger partial charge in [0.05, 0.1) is 43.7 Å². The summed E-state index contributed by atoms with van der Waals surface area (Å²) in [4.78, 5) is 0. The molecule has 1 unspecified atom stereocenters. The molecule has 3 saturated heterocycles. The van der Waals surface area contributed by atoms with E-state index in [-0.39, 0.29) is 34.5 Å². The van der Waals surface area contributed by atoms with Gasteiger partial charge in [-0.3, -0.25) is 0 Å². The molecule has 3 aliphatic heterocycles. The lowest BCUT2D eigenvalue weighted by Crippen LogP contribution is -2.65. The molecule has 3 heterocycles. The standard InChI is InChI=1S/C48H82O19/c1-21(9-13-31(45(4,5)61)67-43-40(60)37(57)34(54)27(65-43)20-62-41-38(58)35(55)32(52)25(18-49)63-41)22-15-16-46(6)28-12-10-23-24(48(28,8)29(51)17-47(22,46)7)11-14-30(44(23,2)3)66-42-39(59)36(56)33(53)26(19-50)64-42/h10,21-22,24-43,49-61H,9,11-20H2,1-8H3/t21-,22?,24-,25-,26-,27-,28+,29-,30+,31-,32-,33-,34-,35+,36+,37+,38-,39-,40-,41-,42+,43+,46+,47-,48+/m1/s1. The maximum Gasteiger partial charge on any atom is 0.187 e. The van der Waals surface area contributed by atoms with Gasteiger partial charge in [-0.05, 0) is 99.7 Å². The van der Waals surface area contributed by atoms with Crippen LogP contribution < -0.4 is 0 Å². The van der Waals surface area contributed by atoms with Crippen molar-refractivity contribution in [3.8, 4) is 0 Å². The largest absolute Gasteiger partial charge is 0.394 e. The maximum atomic E-state index is 12.6. The lowest BCUT2D eigenvalue weighted by atomic mass is 9.38. The molecule has 4 aliphatic carbocycles. The van der Waals surface area contributed by atoms with Gasteiger partial charge in [-0.2, -0.15) is 0 Å². The summed E-state index contributed by atoms with van der Waals surface area (Å²) < 4.78 is 35.3. The van der Waals surface area contributed by atoms with Gasteiger partial charge >= 0.3 is 0 Å². The molecule has 0 amide bonds. The Labute approximate surface area is 393 Å². The van der Waals surface area contributed by atoms with E-state index in [4.69, 9.17) is 28.4 Å². The first-order valence-electron chi connectivity index (χ1n) is 24.5. The Bertz CT molecular complexity index is 1710. The van der Waals surface area contributed by atoms with Crippen LogP contribution in [0.3, 0.4) is 0 Å². The summed E-state index contributed by atoms with van der Waals surface area (Å²) in [5.74, 6) is 0.547. The van der Waals surface area contributed by atoms with Gasteiger partial charge in [-0.25, -0.2) is 0 Å². The molecule has 0 bridgehead atoms. The molecule has 19 nitrogen and oxygen atoms in total. The van der Waals surface area contributed by atoms with E-state index in [0.29, 0.717) is 25.7 Å². The fraction of sp³-hybridized carbons (Fsp3) is 0.958. The smallest absolute Gasteiger partial charge is 0.187 e. The van der Waals surface area contributed by atoms with Crippen LogP contribution in [0.15, 0.2) is 11.6 Å². The number of fused-ring (bicyclic) bond motifs is 5. The summed E-state index contributed by atoms with van der Waals surface area (Å²) in [6.07, 6.45) is -16.7. The summed E-state index contributed by atoms with van der Waals surface area (Å²) in [5, 5.41) is 138. The van der Waals surface area contributed by atoms with Crippen molar-refractivity contribution in [1.82, 2.24) is 0 Å². The van der Waals surface area contributed by atoms with Crippen molar-refractivity contribution < 1.29 is 94.8 Å². The lowest BCUT2D eigenvalue weighted by molar-refractivity contribution is -0.341. The third-order valence-electron chi connectivity index (χ3n) is 18.7. The number of aliphatic hydroxyl groups is 13. The van der Waals surface area contributed by atoms with Gasteiger partial charge in [0.1, 0.15) is 73.2 Å². The predicted octanol–water partition coefficient (Wildman–Crippen LogP) is -1.06. The molecule has 7 rings (SSSR count). The third-order valence-corrected chi connectivity index (χ3v) is 18.7. The average molecular weight is 963 g/mol. The number of allylic oxidation sites excluding steroid dienone is 1. The zero-order valence-corrected chi connectivity index (χ0v) is 40.3. The van der Waals surface area contributed by atoms with Crippen LogP contribution in [0.4, 0.5) is 0 Å². The van der Waals surface area contributed by atoms with Gasteiger partial charge in [0.25, 0.3) is 0 Å². The van der Waals surface area contributed by atoms with Crippen molar-refractivity contribution in [1.29, 1.82) is 0 Å². The van der Waals surface area contributed by atoms with Gasteiger partial charge in [0.15, 0.2) is 18.9 Å². The predicted molar refractivity (Wildman–Crippen MR) is 235 cm³/mol. The first-order chi connectivity index (χ1) is 31.2. The van der Waals surface area contributed by atoms with E-state index in [1.807, 2.05) is 0 Å². The van der Waals surface area contributed by atoms with E-state index < -0.39 is 147 Å². The Hall–Kier alpha value is -1.02. The second-order valence-electron chi connectivity index (χ2n) is 23.1. The molecule has 7 aliphatic rings. The molecule has 0 aromatic carbocycles. The Kier molecular flexibility index (Phi) is 15.9. The van der Waals surface area contributed by atoms with E-state index in [0.717, 1.165) is 25.7 Å². The minimum atomic E-state index is -1.75. The number of hydrogen-bond acceptors (Lipinski definition) is 19. The summed E-state index contributed by atoms with van der Waals surface area (Å²) in [6, 6.07) is 0. The highest BCUT2D eigenvalue weighted by atomic mass is 16.7. The maximum absolute atomic E-state index is 12.6. The first-order valence-corrected chi connectivity index (χ1v) is 24.5. The van der Waals surface area contributed by atoms with E-state index in [1.165, 1.54) is 5.57 Å². The van der Waals surface area contributed by atoms with Crippen molar-refractivity contribution in [2.45, 2.75) is 223 Å². The highest BCUT2D eigenvalue weighted by Crippen LogP contribution is 2.75. The number of ether oxygens (including phenoxy) is 6. The normalized spacial score (nSPS) is 51.0. The summed E-state index contributed by atoms with van der Waals surface area (Å²) in [7, 11) is 0. The van der Waals surface area contributed by atoms with Gasteiger partial charge in [-0.1, -0.05) is 53.2 Å². The molecule has 3 saturated carbocycles. The highest BCUT2D eigenvalue weighted by Gasteiger charge is 2.70. The fourth-order valence-electron chi connectivity index (χ4n) is 14.2. The molecule has 19 heteroatoms. The van der Waals surface area contributed by atoms with E-state index >= 15 is 0 Å². The van der Waals surface area contributed by atoms with Crippen LogP contribution in [-0.2, 0) is 28.4 Å². The summed E-state index contributed by atoms with van der Waals surface area (Å²) in [6.45, 7) is 14.8. The Morgan fingerprint density at radius 3 is 1.79 bits per heavy atom. The molecule has 0 radical (unpaired) electrons. The van der Waals surface area contributed by atoms with Crippen LogP contribution in [0.5, 0.6) is 0 Å². The van der Waals surface area contributed by atoms with Crippen molar-refractivity contribution in [2.24, 2.45) is 45.3 Å². The molecule has 25 atom stereocenters. The second-order valence-corrected chi connectivity index (χ2v) is 23.1. The second kappa shape index (κ2) is 19.8. The molecule has 0 spiro atoms. The van der Waals surface area contributed by atoms with Crippen LogP contribution in [0.1, 0.15) is 107 Å². The molecule has 13 N–H and O–H groups in total. The van der Waals surface area contributed by atoms with Crippen LogP contribution in [0.25, 0.3) is 0 Å². The van der Waals surface area contributed by atoms with Gasteiger partial charge < -0.3 is 94.8 Å². The van der Waals surface area contributed by atoms with Crippen molar-refractivity contribution in [3.05, 3.63) is 11.6 Å². The van der Waals surface area contributed by atoms with Crippen molar-refractivity contribution in [3.63, 3.8) is 0 Å². The Morgan fingerprint density at radius 1 is 0.672 bits per heavy atom. The third kappa shape index (κ3) is 9.24. The van der Waals surface area contributed by atoms with Crippen molar-refractivity contribution in [2.75, 3.05) is 19.8 Å². The highest BCUT2D eigenvalue weighted by molar-refractivity contribution is 5.32. The van der Waals surface area contributed by atoms with E-state index in [9.17, 15) is 66.4 Å². The quantitative estimate of drug-likeness (QED) is 0.0924. The monoisotopic (exact) mass is 963 g/mol. The van der Waals surface area contributed by atoms with Crippen molar-refractivity contribution >= 4 is 0 Å². The Morgan fingerprint density at radius 2 is 1.21 bits per heavy atom. The molecular weight excluding hydrogens is 881 g/mol. The zero-order chi connectivity index (χ0) is 49.5. The average Bonchev–Trinajstić information content (AvgIpc) is 3.54. The van der Waals surface area contributed by atoms with E-state index in [2.05, 4.69) is 47.6 Å². The Balaban J connectivity index is 1.01. The summed E-state index contributed by atoms with van der Waals surface area (Å²) >= 11 is 0.